The highest BCUT2D eigenvalue weighted by atomic mass is 16.5. The number of carbonyl (C=O) groups excluding carboxylic acids is 2. The Morgan fingerprint density at radius 3 is 2.71 bits per heavy atom. The summed E-state index contributed by atoms with van der Waals surface area (Å²) in [6.45, 7) is 1.64. The zero-order valence-corrected chi connectivity index (χ0v) is 13.2. The van der Waals surface area contributed by atoms with E-state index in [1.807, 2.05) is 49.4 Å². The molecule has 1 heterocycles. The molecule has 0 bridgehead atoms. The van der Waals surface area contributed by atoms with Crippen molar-refractivity contribution in [2.24, 2.45) is 0 Å². The molecule has 6 nitrogen and oxygen atoms in total. The van der Waals surface area contributed by atoms with Crippen LogP contribution in [0.5, 0.6) is 0 Å². The van der Waals surface area contributed by atoms with Crippen LogP contribution in [0.25, 0.3) is 10.9 Å². The van der Waals surface area contributed by atoms with Gasteiger partial charge >= 0.3 is 5.97 Å². The third-order valence-electron chi connectivity index (χ3n) is 3.67. The molecule has 0 atom stereocenters. The summed E-state index contributed by atoms with van der Waals surface area (Å²) in [7, 11) is 0. The second-order valence-corrected chi connectivity index (χ2v) is 5.25. The van der Waals surface area contributed by atoms with Gasteiger partial charge in [0.15, 0.2) is 12.3 Å². The van der Waals surface area contributed by atoms with Crippen LogP contribution in [-0.4, -0.2) is 28.7 Å². The summed E-state index contributed by atoms with van der Waals surface area (Å²) in [5.74, 6) is -1.02. The van der Waals surface area contributed by atoms with E-state index in [-0.39, 0.29) is 18.2 Å². The maximum absolute atomic E-state index is 12.1. The number of para-hydroxylation sites is 2. The fourth-order valence-corrected chi connectivity index (χ4v) is 2.46. The molecule has 6 heteroatoms. The van der Waals surface area contributed by atoms with Gasteiger partial charge in [-0.25, -0.2) is 4.79 Å². The van der Waals surface area contributed by atoms with E-state index >= 15 is 0 Å². The van der Waals surface area contributed by atoms with Crippen molar-refractivity contribution in [2.45, 2.75) is 13.3 Å². The van der Waals surface area contributed by atoms with E-state index in [0.717, 1.165) is 23.2 Å². The molecular weight excluding hydrogens is 306 g/mol. The van der Waals surface area contributed by atoms with Crippen LogP contribution in [0, 0.1) is 0 Å². The highest BCUT2D eigenvalue weighted by Crippen LogP contribution is 2.17. The van der Waals surface area contributed by atoms with Crippen LogP contribution in [0.2, 0.25) is 0 Å². The van der Waals surface area contributed by atoms with Gasteiger partial charge in [0.25, 0.3) is 5.91 Å². The first-order valence-electron chi connectivity index (χ1n) is 7.67. The Morgan fingerprint density at radius 1 is 1.12 bits per heavy atom. The first-order chi connectivity index (χ1) is 11.7. The molecule has 0 aliphatic rings. The summed E-state index contributed by atoms with van der Waals surface area (Å²) in [5, 5.41) is 10.1. The number of aromatic nitrogens is 2. The number of aromatic amines is 1. The van der Waals surface area contributed by atoms with Crippen LogP contribution in [0.1, 0.15) is 23.0 Å². The summed E-state index contributed by atoms with van der Waals surface area (Å²) in [6, 6.07) is 14.8. The molecule has 3 aromatic rings. The molecule has 1 aromatic heterocycles. The predicted molar refractivity (Wildman–Crippen MR) is 90.8 cm³/mol. The van der Waals surface area contributed by atoms with Crippen molar-refractivity contribution in [2.75, 3.05) is 11.9 Å². The number of anilines is 1. The van der Waals surface area contributed by atoms with Gasteiger partial charge in [-0.3, -0.25) is 9.89 Å². The standard InChI is InChI=1S/C18H17N3O3/c1-2-12-7-3-5-9-14(12)19-16(22)11-24-18(23)17-13-8-4-6-10-15(13)20-21-17/h3-10H,2,11H2,1H3,(H,19,22)(H,20,21). The normalized spacial score (nSPS) is 10.5. The summed E-state index contributed by atoms with van der Waals surface area (Å²) >= 11 is 0. The van der Waals surface area contributed by atoms with E-state index in [1.165, 1.54) is 0 Å². The number of rotatable bonds is 5. The molecule has 1 amide bonds. The van der Waals surface area contributed by atoms with Crippen LogP contribution in [0.4, 0.5) is 5.69 Å². The first kappa shape index (κ1) is 15.7. The average molecular weight is 323 g/mol. The van der Waals surface area contributed by atoms with Gasteiger partial charge in [0.05, 0.1) is 5.52 Å². The lowest BCUT2D eigenvalue weighted by Crippen LogP contribution is -2.21. The highest BCUT2D eigenvalue weighted by molar-refractivity contribution is 6.03. The van der Waals surface area contributed by atoms with Gasteiger partial charge in [0.1, 0.15) is 0 Å². The largest absolute Gasteiger partial charge is 0.451 e. The zero-order valence-electron chi connectivity index (χ0n) is 13.2. The Kier molecular flexibility index (Phi) is 4.56. The Bertz CT molecular complexity index is 886. The van der Waals surface area contributed by atoms with Crippen molar-refractivity contribution in [1.29, 1.82) is 0 Å². The third-order valence-corrected chi connectivity index (χ3v) is 3.67. The van der Waals surface area contributed by atoms with Crippen LogP contribution >= 0.6 is 0 Å². The monoisotopic (exact) mass is 323 g/mol. The summed E-state index contributed by atoms with van der Waals surface area (Å²) < 4.78 is 5.07. The molecule has 0 aliphatic carbocycles. The number of amides is 1. The molecule has 24 heavy (non-hydrogen) atoms. The molecule has 122 valence electrons. The van der Waals surface area contributed by atoms with Gasteiger partial charge in [-0.05, 0) is 24.1 Å². The molecule has 0 saturated heterocycles. The van der Waals surface area contributed by atoms with Gasteiger partial charge in [0.2, 0.25) is 0 Å². The van der Waals surface area contributed by atoms with Crippen molar-refractivity contribution in [3.63, 3.8) is 0 Å². The lowest BCUT2D eigenvalue weighted by Gasteiger charge is -2.09. The molecule has 0 radical (unpaired) electrons. The van der Waals surface area contributed by atoms with E-state index < -0.39 is 5.97 Å². The van der Waals surface area contributed by atoms with Crippen molar-refractivity contribution in [3.8, 4) is 0 Å². The topological polar surface area (TPSA) is 84.1 Å². The molecule has 0 unspecified atom stereocenters. The van der Waals surface area contributed by atoms with Gasteiger partial charge in [-0.15, -0.1) is 0 Å². The molecule has 0 spiro atoms. The molecule has 2 aromatic carbocycles. The van der Waals surface area contributed by atoms with Crippen LogP contribution < -0.4 is 5.32 Å². The number of carbonyl (C=O) groups is 2. The quantitative estimate of drug-likeness (QED) is 0.707. The van der Waals surface area contributed by atoms with E-state index in [4.69, 9.17) is 4.74 Å². The number of hydrogen-bond donors (Lipinski definition) is 2. The Hall–Kier alpha value is -3.15. The third kappa shape index (κ3) is 3.27. The fourth-order valence-electron chi connectivity index (χ4n) is 2.46. The second-order valence-electron chi connectivity index (χ2n) is 5.25. The number of esters is 1. The van der Waals surface area contributed by atoms with Gasteiger partial charge < -0.3 is 10.1 Å². The molecule has 0 fully saturated rings. The van der Waals surface area contributed by atoms with Gasteiger partial charge in [-0.2, -0.15) is 5.10 Å². The Labute approximate surface area is 138 Å². The molecule has 3 rings (SSSR count). The average Bonchev–Trinajstić information content (AvgIpc) is 3.04. The van der Waals surface area contributed by atoms with Crippen LogP contribution in [0.15, 0.2) is 48.5 Å². The Balaban J connectivity index is 1.63. The maximum atomic E-state index is 12.1. The van der Waals surface area contributed by atoms with Gasteiger partial charge in [0, 0.05) is 11.1 Å². The first-order valence-corrected chi connectivity index (χ1v) is 7.67. The molecule has 0 aliphatic heterocycles. The van der Waals surface area contributed by atoms with Crippen LogP contribution in [0.3, 0.4) is 0 Å². The lowest BCUT2D eigenvalue weighted by atomic mass is 10.1. The number of fused-ring (bicyclic) bond motifs is 1. The zero-order chi connectivity index (χ0) is 16.9. The number of ether oxygens (including phenoxy) is 1. The smallest absolute Gasteiger partial charge is 0.359 e. The minimum atomic E-state index is -0.633. The number of aryl methyl sites for hydroxylation is 1. The highest BCUT2D eigenvalue weighted by Gasteiger charge is 2.17. The number of nitrogens with zero attached hydrogens (tertiary/aromatic N) is 1. The molecular formula is C18H17N3O3. The fraction of sp³-hybridized carbons (Fsp3) is 0.167. The van der Waals surface area contributed by atoms with E-state index in [2.05, 4.69) is 15.5 Å². The van der Waals surface area contributed by atoms with E-state index in [9.17, 15) is 9.59 Å². The Morgan fingerprint density at radius 2 is 1.88 bits per heavy atom. The van der Waals surface area contributed by atoms with Crippen molar-refractivity contribution in [3.05, 3.63) is 59.8 Å². The van der Waals surface area contributed by atoms with Crippen molar-refractivity contribution >= 4 is 28.5 Å². The van der Waals surface area contributed by atoms with Crippen molar-refractivity contribution < 1.29 is 14.3 Å². The minimum absolute atomic E-state index is 0.173. The predicted octanol–water partition coefficient (Wildman–Crippen LogP) is 2.92. The molecule has 0 saturated carbocycles. The summed E-state index contributed by atoms with van der Waals surface area (Å²) in [4.78, 5) is 24.1. The van der Waals surface area contributed by atoms with E-state index in [0.29, 0.717) is 5.39 Å². The summed E-state index contributed by atoms with van der Waals surface area (Å²) in [6.07, 6.45) is 0.801. The number of benzene rings is 2. The SMILES string of the molecule is CCc1ccccc1NC(=O)COC(=O)c1n[nH]c2ccccc12. The minimum Gasteiger partial charge on any atom is -0.451 e. The number of hydrogen-bond acceptors (Lipinski definition) is 4. The lowest BCUT2D eigenvalue weighted by molar-refractivity contribution is -0.119. The van der Waals surface area contributed by atoms with Crippen LogP contribution in [-0.2, 0) is 16.0 Å². The number of H-pyrrole nitrogens is 1. The maximum Gasteiger partial charge on any atom is 0.359 e. The number of nitrogens with one attached hydrogen (secondary N) is 2. The summed E-state index contributed by atoms with van der Waals surface area (Å²) in [5.41, 5.74) is 2.67. The second kappa shape index (κ2) is 6.95. The molecule has 2 N–H and O–H groups in total. The van der Waals surface area contributed by atoms with E-state index in [1.54, 1.807) is 6.07 Å². The van der Waals surface area contributed by atoms with Gasteiger partial charge in [-0.1, -0.05) is 43.3 Å². The van der Waals surface area contributed by atoms with Crippen molar-refractivity contribution in [1.82, 2.24) is 10.2 Å².